The summed E-state index contributed by atoms with van der Waals surface area (Å²) in [5, 5.41) is 0.700. The van der Waals surface area contributed by atoms with E-state index in [2.05, 4.69) is 9.97 Å². The van der Waals surface area contributed by atoms with E-state index >= 15 is 0 Å². The molecule has 0 bridgehead atoms. The molecular formula is C15H13ClN2O. The topological polar surface area (TPSA) is 37.9 Å². The van der Waals surface area contributed by atoms with E-state index in [4.69, 9.17) is 16.3 Å². The van der Waals surface area contributed by atoms with Gasteiger partial charge >= 0.3 is 0 Å². The Morgan fingerprint density at radius 3 is 2.74 bits per heavy atom. The fraction of sp³-hybridized carbons (Fsp3) is 0.133. The predicted molar refractivity (Wildman–Crippen MR) is 77.8 cm³/mol. The van der Waals surface area contributed by atoms with Crippen molar-refractivity contribution < 1.29 is 4.74 Å². The van der Waals surface area contributed by atoms with Crippen molar-refractivity contribution in [2.24, 2.45) is 0 Å². The Labute approximate surface area is 116 Å². The van der Waals surface area contributed by atoms with Crippen molar-refractivity contribution in [3.8, 4) is 17.1 Å². The van der Waals surface area contributed by atoms with Gasteiger partial charge in [-0.1, -0.05) is 17.7 Å². The van der Waals surface area contributed by atoms with Gasteiger partial charge in [-0.05, 0) is 36.8 Å². The highest BCUT2D eigenvalue weighted by Gasteiger charge is 2.09. The number of ether oxygens (including phenoxy) is 1. The lowest BCUT2D eigenvalue weighted by atomic mass is 10.1. The van der Waals surface area contributed by atoms with Crippen LogP contribution in [0.15, 0.2) is 36.4 Å². The molecule has 0 fully saturated rings. The van der Waals surface area contributed by atoms with Crippen LogP contribution in [0.3, 0.4) is 0 Å². The number of halogens is 1. The van der Waals surface area contributed by atoms with E-state index in [1.54, 1.807) is 7.11 Å². The first-order valence-electron chi connectivity index (χ1n) is 5.97. The second-order valence-electron chi connectivity index (χ2n) is 4.45. The van der Waals surface area contributed by atoms with E-state index in [1.807, 2.05) is 43.3 Å². The maximum Gasteiger partial charge on any atom is 0.139 e. The Hall–Kier alpha value is -2.00. The van der Waals surface area contributed by atoms with E-state index in [-0.39, 0.29) is 0 Å². The largest absolute Gasteiger partial charge is 0.497 e. The van der Waals surface area contributed by atoms with Crippen LogP contribution < -0.4 is 4.74 Å². The van der Waals surface area contributed by atoms with Crippen molar-refractivity contribution in [2.45, 2.75) is 6.92 Å². The highest BCUT2D eigenvalue weighted by Crippen LogP contribution is 2.29. The van der Waals surface area contributed by atoms with Gasteiger partial charge in [0, 0.05) is 11.6 Å². The second-order valence-corrected chi connectivity index (χ2v) is 4.86. The van der Waals surface area contributed by atoms with Crippen LogP contribution in [-0.4, -0.2) is 17.1 Å². The van der Waals surface area contributed by atoms with Crippen LogP contribution in [0.2, 0.25) is 5.02 Å². The third-order valence-electron chi connectivity index (χ3n) is 3.07. The minimum atomic E-state index is 0.700. The standard InChI is InChI=1S/C15H13ClN2O/c1-9-3-5-11(12(16)7-9)15-17-13-6-4-10(19-2)8-14(13)18-15/h3-8H,1-2H3,(H,17,18). The molecule has 1 heterocycles. The monoisotopic (exact) mass is 272 g/mol. The molecular weight excluding hydrogens is 260 g/mol. The van der Waals surface area contributed by atoms with Crippen molar-refractivity contribution in [3.63, 3.8) is 0 Å². The summed E-state index contributed by atoms with van der Waals surface area (Å²) in [5.41, 5.74) is 3.87. The lowest BCUT2D eigenvalue weighted by Gasteiger charge is -2.01. The maximum atomic E-state index is 6.27. The predicted octanol–water partition coefficient (Wildman–Crippen LogP) is 4.20. The van der Waals surface area contributed by atoms with Gasteiger partial charge in [0.2, 0.25) is 0 Å². The third kappa shape index (κ3) is 2.17. The van der Waals surface area contributed by atoms with Crippen LogP contribution in [0.25, 0.3) is 22.4 Å². The number of aryl methyl sites for hydroxylation is 1. The summed E-state index contributed by atoms with van der Waals surface area (Å²) < 4.78 is 5.20. The van der Waals surface area contributed by atoms with Crippen LogP contribution in [0.5, 0.6) is 5.75 Å². The number of nitrogens with zero attached hydrogens (tertiary/aromatic N) is 1. The highest BCUT2D eigenvalue weighted by molar-refractivity contribution is 6.33. The zero-order valence-corrected chi connectivity index (χ0v) is 11.5. The van der Waals surface area contributed by atoms with Gasteiger partial charge in [-0.3, -0.25) is 0 Å². The Kier molecular flexibility index (Phi) is 2.91. The Morgan fingerprint density at radius 2 is 2.00 bits per heavy atom. The number of hydrogen-bond donors (Lipinski definition) is 1. The molecule has 3 aromatic rings. The lowest BCUT2D eigenvalue weighted by Crippen LogP contribution is -1.83. The summed E-state index contributed by atoms with van der Waals surface area (Å²) in [6.45, 7) is 2.01. The van der Waals surface area contributed by atoms with Crippen LogP contribution in [0.1, 0.15) is 5.56 Å². The molecule has 3 nitrogen and oxygen atoms in total. The molecule has 1 aromatic heterocycles. The summed E-state index contributed by atoms with van der Waals surface area (Å²) in [4.78, 5) is 7.82. The van der Waals surface area contributed by atoms with Gasteiger partial charge < -0.3 is 9.72 Å². The molecule has 0 aliphatic rings. The number of aromatic amines is 1. The minimum absolute atomic E-state index is 0.700. The van der Waals surface area contributed by atoms with Gasteiger partial charge in [-0.15, -0.1) is 0 Å². The van der Waals surface area contributed by atoms with Crippen molar-refractivity contribution in [1.29, 1.82) is 0 Å². The third-order valence-corrected chi connectivity index (χ3v) is 3.38. The summed E-state index contributed by atoms with van der Waals surface area (Å²) in [5.74, 6) is 1.57. The molecule has 19 heavy (non-hydrogen) atoms. The van der Waals surface area contributed by atoms with Gasteiger partial charge in [-0.25, -0.2) is 4.98 Å². The van der Waals surface area contributed by atoms with Crippen molar-refractivity contribution in [1.82, 2.24) is 9.97 Å². The highest BCUT2D eigenvalue weighted by atomic mass is 35.5. The molecule has 4 heteroatoms. The van der Waals surface area contributed by atoms with Crippen molar-refractivity contribution in [3.05, 3.63) is 47.0 Å². The first-order chi connectivity index (χ1) is 9.17. The lowest BCUT2D eigenvalue weighted by molar-refractivity contribution is 0.415. The summed E-state index contributed by atoms with van der Waals surface area (Å²) in [7, 11) is 1.65. The van der Waals surface area contributed by atoms with Crippen molar-refractivity contribution >= 4 is 22.6 Å². The average Bonchev–Trinajstić information content (AvgIpc) is 2.80. The van der Waals surface area contributed by atoms with E-state index in [9.17, 15) is 0 Å². The summed E-state index contributed by atoms with van der Waals surface area (Å²) in [6, 6.07) is 11.7. The number of rotatable bonds is 2. The van der Waals surface area contributed by atoms with E-state index in [1.165, 1.54) is 0 Å². The molecule has 0 unspecified atom stereocenters. The van der Waals surface area contributed by atoms with E-state index in [0.717, 1.165) is 33.7 Å². The molecule has 0 aliphatic carbocycles. The van der Waals surface area contributed by atoms with E-state index in [0.29, 0.717) is 5.02 Å². The molecule has 0 aliphatic heterocycles. The van der Waals surface area contributed by atoms with Crippen LogP contribution in [0.4, 0.5) is 0 Å². The first kappa shape index (κ1) is 12.1. The zero-order valence-electron chi connectivity index (χ0n) is 10.7. The molecule has 0 radical (unpaired) electrons. The molecule has 0 spiro atoms. The number of nitrogens with one attached hydrogen (secondary N) is 1. The molecule has 0 amide bonds. The fourth-order valence-electron chi connectivity index (χ4n) is 2.06. The maximum absolute atomic E-state index is 6.27. The zero-order chi connectivity index (χ0) is 13.4. The second kappa shape index (κ2) is 4.59. The van der Waals surface area contributed by atoms with E-state index < -0.39 is 0 Å². The average molecular weight is 273 g/mol. The summed E-state index contributed by atoms with van der Waals surface area (Å²) in [6.07, 6.45) is 0. The van der Waals surface area contributed by atoms with Crippen molar-refractivity contribution in [2.75, 3.05) is 7.11 Å². The quantitative estimate of drug-likeness (QED) is 0.759. The Morgan fingerprint density at radius 1 is 1.16 bits per heavy atom. The van der Waals surface area contributed by atoms with Gasteiger partial charge in [0.25, 0.3) is 0 Å². The number of H-pyrrole nitrogens is 1. The van der Waals surface area contributed by atoms with Gasteiger partial charge in [0.1, 0.15) is 11.6 Å². The fourth-order valence-corrected chi connectivity index (χ4v) is 2.38. The Bertz CT molecular complexity index is 749. The molecule has 96 valence electrons. The summed E-state index contributed by atoms with van der Waals surface area (Å²) >= 11 is 6.27. The minimum Gasteiger partial charge on any atom is -0.497 e. The smallest absolute Gasteiger partial charge is 0.139 e. The number of fused-ring (bicyclic) bond motifs is 1. The molecule has 0 atom stereocenters. The van der Waals surface area contributed by atoms with Gasteiger partial charge in [0.05, 0.1) is 23.2 Å². The molecule has 0 saturated carbocycles. The van der Waals surface area contributed by atoms with Crippen LogP contribution >= 0.6 is 11.6 Å². The Balaban J connectivity index is 2.14. The number of aromatic nitrogens is 2. The van der Waals surface area contributed by atoms with Crippen LogP contribution in [0, 0.1) is 6.92 Å². The molecule has 2 aromatic carbocycles. The normalized spacial score (nSPS) is 10.9. The molecule has 1 N–H and O–H groups in total. The number of imidazole rings is 1. The number of methoxy groups -OCH3 is 1. The molecule has 0 saturated heterocycles. The number of benzene rings is 2. The van der Waals surface area contributed by atoms with Crippen LogP contribution in [-0.2, 0) is 0 Å². The SMILES string of the molecule is COc1ccc2nc(-c3ccc(C)cc3Cl)[nH]c2c1. The number of hydrogen-bond acceptors (Lipinski definition) is 2. The van der Waals surface area contributed by atoms with Gasteiger partial charge in [0.15, 0.2) is 0 Å². The first-order valence-corrected chi connectivity index (χ1v) is 6.35. The molecule has 3 rings (SSSR count). The van der Waals surface area contributed by atoms with Gasteiger partial charge in [-0.2, -0.15) is 0 Å².